The van der Waals surface area contributed by atoms with Gasteiger partial charge in [-0.3, -0.25) is 4.79 Å². The molecular weight excluding hydrogens is 226 g/mol. The highest BCUT2D eigenvalue weighted by Gasteiger charge is 2.17. The maximum atomic E-state index is 12.3. The van der Waals surface area contributed by atoms with Crippen molar-refractivity contribution in [1.29, 1.82) is 5.26 Å². The topological polar surface area (TPSA) is 70.1 Å². The number of amides is 1. The monoisotopic (exact) mass is 245 g/mol. The second-order valence-electron chi connectivity index (χ2n) is 4.51. The Bertz CT molecular complexity index is 456. The maximum Gasteiger partial charge on any atom is 0.253 e. The van der Waals surface area contributed by atoms with Crippen LogP contribution in [0.1, 0.15) is 29.8 Å². The molecule has 0 aliphatic rings. The Balaban J connectivity index is 2.93. The van der Waals surface area contributed by atoms with Crippen LogP contribution in [0.2, 0.25) is 0 Å². The minimum Gasteiger partial charge on any atom is -0.399 e. The molecule has 1 amide bonds. The summed E-state index contributed by atoms with van der Waals surface area (Å²) < 4.78 is 0. The van der Waals surface area contributed by atoms with Crippen LogP contribution < -0.4 is 5.73 Å². The minimum absolute atomic E-state index is 0.0741. The maximum absolute atomic E-state index is 12.3. The average Bonchev–Trinajstić information content (AvgIpc) is 2.33. The third-order valence-corrected chi connectivity index (χ3v) is 2.73. The Hall–Kier alpha value is -2.02. The first kappa shape index (κ1) is 14.0. The fourth-order valence-electron chi connectivity index (χ4n) is 1.85. The fourth-order valence-corrected chi connectivity index (χ4v) is 1.85. The Morgan fingerprint density at radius 3 is 2.67 bits per heavy atom. The number of hydrogen-bond donors (Lipinski definition) is 1. The van der Waals surface area contributed by atoms with Gasteiger partial charge in [0.2, 0.25) is 0 Å². The third kappa shape index (κ3) is 3.49. The molecule has 0 aliphatic carbocycles. The second-order valence-corrected chi connectivity index (χ2v) is 4.51. The number of nitriles is 1. The van der Waals surface area contributed by atoms with Crippen molar-refractivity contribution in [2.24, 2.45) is 5.92 Å². The number of nitrogen functional groups attached to an aromatic ring is 1. The van der Waals surface area contributed by atoms with E-state index >= 15 is 0 Å². The van der Waals surface area contributed by atoms with E-state index in [1.807, 2.05) is 26.0 Å². The van der Waals surface area contributed by atoms with Crippen LogP contribution in [-0.4, -0.2) is 23.9 Å². The molecule has 0 heterocycles. The zero-order valence-electron chi connectivity index (χ0n) is 11.1. The standard InChI is InChI=1S/C14H19N3O/c1-4-17(9-11(3)8-15)14(18)12-5-10(2)6-13(16)7-12/h5-7,11H,4,9,16H2,1-3H3. The van der Waals surface area contributed by atoms with Gasteiger partial charge >= 0.3 is 0 Å². The van der Waals surface area contributed by atoms with Crippen LogP contribution in [0.3, 0.4) is 0 Å². The molecule has 0 spiro atoms. The zero-order chi connectivity index (χ0) is 13.7. The SMILES string of the molecule is CCN(CC(C)C#N)C(=O)c1cc(C)cc(N)c1. The first-order valence-corrected chi connectivity index (χ1v) is 6.04. The molecular formula is C14H19N3O. The number of rotatable bonds is 4. The van der Waals surface area contributed by atoms with Crippen molar-refractivity contribution in [2.75, 3.05) is 18.8 Å². The first-order chi connectivity index (χ1) is 8.47. The molecule has 1 atom stereocenters. The largest absolute Gasteiger partial charge is 0.399 e. The molecule has 2 N–H and O–H groups in total. The van der Waals surface area contributed by atoms with E-state index in [-0.39, 0.29) is 11.8 Å². The second kappa shape index (κ2) is 6.06. The van der Waals surface area contributed by atoms with Gasteiger partial charge in [-0.2, -0.15) is 5.26 Å². The Labute approximate surface area is 108 Å². The predicted octanol–water partition coefficient (Wildman–Crippen LogP) is 2.20. The zero-order valence-corrected chi connectivity index (χ0v) is 11.1. The lowest BCUT2D eigenvalue weighted by molar-refractivity contribution is 0.0752. The molecule has 0 fully saturated rings. The van der Waals surface area contributed by atoms with Crippen molar-refractivity contribution in [1.82, 2.24) is 4.90 Å². The molecule has 1 unspecified atom stereocenters. The predicted molar refractivity (Wildman–Crippen MR) is 71.9 cm³/mol. The molecule has 0 saturated carbocycles. The first-order valence-electron chi connectivity index (χ1n) is 6.04. The Morgan fingerprint density at radius 1 is 1.50 bits per heavy atom. The summed E-state index contributed by atoms with van der Waals surface area (Å²) in [6.07, 6.45) is 0. The fraction of sp³-hybridized carbons (Fsp3) is 0.429. The van der Waals surface area contributed by atoms with Gasteiger partial charge in [-0.1, -0.05) is 0 Å². The van der Waals surface area contributed by atoms with Gasteiger partial charge in [0.15, 0.2) is 0 Å². The van der Waals surface area contributed by atoms with Crippen molar-refractivity contribution in [3.63, 3.8) is 0 Å². The van der Waals surface area contributed by atoms with Crippen LogP contribution in [0.25, 0.3) is 0 Å². The number of benzene rings is 1. The summed E-state index contributed by atoms with van der Waals surface area (Å²) in [5, 5.41) is 8.81. The number of carbonyl (C=O) groups is 1. The van der Waals surface area contributed by atoms with Crippen molar-refractivity contribution >= 4 is 11.6 Å². The van der Waals surface area contributed by atoms with Crippen molar-refractivity contribution in [2.45, 2.75) is 20.8 Å². The number of carbonyl (C=O) groups excluding carboxylic acids is 1. The van der Waals surface area contributed by atoms with E-state index < -0.39 is 0 Å². The lowest BCUT2D eigenvalue weighted by Gasteiger charge is -2.22. The molecule has 4 nitrogen and oxygen atoms in total. The van der Waals surface area contributed by atoms with Gasteiger partial charge in [-0.25, -0.2) is 0 Å². The molecule has 18 heavy (non-hydrogen) atoms. The quantitative estimate of drug-likeness (QED) is 0.827. The van der Waals surface area contributed by atoms with Crippen LogP contribution in [0.4, 0.5) is 5.69 Å². The summed E-state index contributed by atoms with van der Waals surface area (Å²) in [6.45, 7) is 6.64. The van der Waals surface area contributed by atoms with E-state index in [0.29, 0.717) is 24.3 Å². The molecule has 0 saturated heterocycles. The number of aryl methyl sites for hydroxylation is 1. The summed E-state index contributed by atoms with van der Waals surface area (Å²) in [7, 11) is 0. The highest BCUT2D eigenvalue weighted by atomic mass is 16.2. The summed E-state index contributed by atoms with van der Waals surface area (Å²) >= 11 is 0. The average molecular weight is 245 g/mol. The van der Waals surface area contributed by atoms with E-state index in [1.165, 1.54) is 0 Å². The van der Waals surface area contributed by atoms with Crippen LogP contribution in [0.15, 0.2) is 18.2 Å². The van der Waals surface area contributed by atoms with Crippen molar-refractivity contribution in [3.05, 3.63) is 29.3 Å². The summed E-state index contributed by atoms with van der Waals surface area (Å²) in [5.74, 6) is -0.244. The third-order valence-electron chi connectivity index (χ3n) is 2.73. The van der Waals surface area contributed by atoms with Gasteiger partial charge in [0.25, 0.3) is 5.91 Å². The number of hydrogen-bond acceptors (Lipinski definition) is 3. The van der Waals surface area contributed by atoms with Gasteiger partial charge in [0, 0.05) is 24.3 Å². The van der Waals surface area contributed by atoms with E-state index in [4.69, 9.17) is 11.0 Å². The normalized spacial score (nSPS) is 11.7. The Kier molecular flexibility index (Phi) is 4.73. The highest BCUT2D eigenvalue weighted by molar-refractivity contribution is 5.95. The van der Waals surface area contributed by atoms with Crippen molar-refractivity contribution < 1.29 is 4.79 Å². The smallest absolute Gasteiger partial charge is 0.253 e. The van der Waals surface area contributed by atoms with Gasteiger partial charge in [-0.15, -0.1) is 0 Å². The van der Waals surface area contributed by atoms with Gasteiger partial charge < -0.3 is 10.6 Å². The summed E-state index contributed by atoms with van der Waals surface area (Å²) in [5.41, 5.74) is 7.87. The van der Waals surface area contributed by atoms with Gasteiger partial charge in [0.1, 0.15) is 0 Å². The lowest BCUT2D eigenvalue weighted by Crippen LogP contribution is -2.34. The van der Waals surface area contributed by atoms with E-state index in [1.54, 1.807) is 17.9 Å². The molecule has 0 aromatic heterocycles. The molecule has 0 radical (unpaired) electrons. The molecule has 1 aromatic rings. The molecule has 96 valence electrons. The van der Waals surface area contributed by atoms with E-state index in [9.17, 15) is 4.79 Å². The highest BCUT2D eigenvalue weighted by Crippen LogP contribution is 2.14. The number of nitrogens with two attached hydrogens (primary N) is 1. The number of nitrogens with zero attached hydrogens (tertiary/aromatic N) is 2. The lowest BCUT2D eigenvalue weighted by atomic mass is 10.1. The minimum atomic E-state index is -0.170. The van der Waals surface area contributed by atoms with Crippen LogP contribution >= 0.6 is 0 Å². The Morgan fingerprint density at radius 2 is 2.17 bits per heavy atom. The van der Waals surface area contributed by atoms with E-state index in [2.05, 4.69) is 6.07 Å². The van der Waals surface area contributed by atoms with Crippen LogP contribution in [-0.2, 0) is 0 Å². The van der Waals surface area contributed by atoms with Crippen molar-refractivity contribution in [3.8, 4) is 6.07 Å². The summed E-state index contributed by atoms with van der Waals surface area (Å²) in [4.78, 5) is 14.0. The number of anilines is 1. The molecule has 1 aromatic carbocycles. The van der Waals surface area contributed by atoms with Gasteiger partial charge in [0.05, 0.1) is 12.0 Å². The van der Waals surface area contributed by atoms with E-state index in [0.717, 1.165) is 5.56 Å². The molecule has 0 aliphatic heterocycles. The summed E-state index contributed by atoms with van der Waals surface area (Å²) in [6, 6.07) is 7.46. The van der Waals surface area contributed by atoms with Crippen LogP contribution in [0.5, 0.6) is 0 Å². The molecule has 0 bridgehead atoms. The molecule has 1 rings (SSSR count). The molecule has 4 heteroatoms. The van der Waals surface area contributed by atoms with Crippen LogP contribution in [0, 0.1) is 24.2 Å². The van der Waals surface area contributed by atoms with Gasteiger partial charge in [-0.05, 0) is 44.5 Å².